The molecule has 2 aliphatic rings. The summed E-state index contributed by atoms with van der Waals surface area (Å²) in [6.07, 6.45) is 2.86. The van der Waals surface area contributed by atoms with Crippen LogP contribution in [0, 0.1) is 6.92 Å². The standard InChI is InChI=1S/C16H17N5O2/c1-10-4-2-3-5-12(10)20-8-14-13(20)9-21(14)16-17-6-11(7-18-16)15(22)19-23/h2-7,13-14,23H,8-9H2,1H3,(H,19,22)/t13?,14-/m1/s1. The Bertz CT molecular complexity index is 748. The maximum Gasteiger partial charge on any atom is 0.277 e. The minimum atomic E-state index is -0.604. The van der Waals surface area contributed by atoms with Crippen molar-refractivity contribution in [3.8, 4) is 0 Å². The molecule has 7 heteroatoms. The van der Waals surface area contributed by atoms with Crippen LogP contribution in [0.1, 0.15) is 15.9 Å². The van der Waals surface area contributed by atoms with Crippen LogP contribution in [-0.2, 0) is 0 Å². The number of rotatable bonds is 3. The highest BCUT2D eigenvalue weighted by Crippen LogP contribution is 2.39. The van der Waals surface area contributed by atoms with Crippen molar-refractivity contribution in [1.82, 2.24) is 15.4 Å². The van der Waals surface area contributed by atoms with E-state index in [0.29, 0.717) is 18.0 Å². The lowest BCUT2D eigenvalue weighted by Crippen LogP contribution is -2.79. The minimum absolute atomic E-state index is 0.239. The van der Waals surface area contributed by atoms with Crippen LogP contribution in [0.5, 0.6) is 0 Å². The van der Waals surface area contributed by atoms with E-state index in [-0.39, 0.29) is 5.56 Å². The van der Waals surface area contributed by atoms with Crippen LogP contribution in [0.15, 0.2) is 36.7 Å². The number of para-hydroxylation sites is 1. The van der Waals surface area contributed by atoms with Gasteiger partial charge in [-0.2, -0.15) is 0 Å². The summed E-state index contributed by atoms with van der Waals surface area (Å²) < 4.78 is 0. The molecule has 1 aromatic heterocycles. The van der Waals surface area contributed by atoms with Gasteiger partial charge in [-0.15, -0.1) is 0 Å². The normalized spacial score (nSPS) is 22.0. The number of nitrogens with one attached hydrogen (secondary N) is 1. The van der Waals surface area contributed by atoms with Crippen molar-refractivity contribution in [3.05, 3.63) is 47.8 Å². The Morgan fingerprint density at radius 2 is 1.83 bits per heavy atom. The van der Waals surface area contributed by atoms with Gasteiger partial charge < -0.3 is 9.80 Å². The number of hydrogen-bond acceptors (Lipinski definition) is 6. The van der Waals surface area contributed by atoms with Gasteiger partial charge in [-0.3, -0.25) is 10.0 Å². The molecule has 1 amide bonds. The molecular formula is C16H17N5O2. The zero-order chi connectivity index (χ0) is 16.0. The van der Waals surface area contributed by atoms with Gasteiger partial charge in [-0.1, -0.05) is 18.2 Å². The fourth-order valence-corrected chi connectivity index (χ4v) is 3.30. The number of aryl methyl sites for hydroxylation is 1. The van der Waals surface area contributed by atoms with Crippen molar-refractivity contribution in [2.45, 2.75) is 19.0 Å². The van der Waals surface area contributed by atoms with Crippen LogP contribution in [0.3, 0.4) is 0 Å². The van der Waals surface area contributed by atoms with Crippen LogP contribution >= 0.6 is 0 Å². The number of nitrogens with zero attached hydrogens (tertiary/aromatic N) is 4. The molecule has 2 aromatic rings. The predicted octanol–water partition coefficient (Wildman–Crippen LogP) is 0.981. The molecular weight excluding hydrogens is 294 g/mol. The topological polar surface area (TPSA) is 81.6 Å². The van der Waals surface area contributed by atoms with Crippen LogP contribution in [0.4, 0.5) is 11.6 Å². The van der Waals surface area contributed by atoms with E-state index < -0.39 is 5.91 Å². The lowest BCUT2D eigenvalue weighted by molar-refractivity contribution is 0.0705. The first-order valence-electron chi connectivity index (χ1n) is 7.54. The van der Waals surface area contributed by atoms with Crippen molar-refractivity contribution >= 4 is 17.5 Å². The fraction of sp³-hybridized carbons (Fsp3) is 0.312. The van der Waals surface area contributed by atoms with Crippen LogP contribution in [0.25, 0.3) is 0 Å². The van der Waals surface area contributed by atoms with E-state index in [0.717, 1.165) is 13.1 Å². The van der Waals surface area contributed by atoms with Gasteiger partial charge in [0, 0.05) is 31.2 Å². The van der Waals surface area contributed by atoms with Crippen LogP contribution in [-0.4, -0.2) is 46.3 Å². The summed E-state index contributed by atoms with van der Waals surface area (Å²) in [5.41, 5.74) is 4.40. The monoisotopic (exact) mass is 311 g/mol. The van der Waals surface area contributed by atoms with Gasteiger partial charge in [0.15, 0.2) is 0 Å². The Hall–Kier alpha value is -2.67. The molecule has 4 rings (SSSR count). The minimum Gasteiger partial charge on any atom is -0.362 e. The number of benzene rings is 1. The third-order valence-corrected chi connectivity index (χ3v) is 4.70. The smallest absolute Gasteiger partial charge is 0.277 e. The summed E-state index contributed by atoms with van der Waals surface area (Å²) in [4.78, 5) is 24.3. The second-order valence-corrected chi connectivity index (χ2v) is 5.94. The van der Waals surface area contributed by atoms with E-state index in [9.17, 15) is 4.79 Å². The highest BCUT2D eigenvalue weighted by molar-refractivity contribution is 5.92. The number of amides is 1. The van der Waals surface area contributed by atoms with Crippen LogP contribution < -0.4 is 15.3 Å². The number of piperazine rings is 1. The zero-order valence-corrected chi connectivity index (χ0v) is 12.7. The van der Waals surface area contributed by atoms with Gasteiger partial charge in [0.2, 0.25) is 5.95 Å². The molecule has 0 spiro atoms. The molecule has 23 heavy (non-hydrogen) atoms. The molecule has 3 heterocycles. The second-order valence-electron chi connectivity index (χ2n) is 5.94. The van der Waals surface area contributed by atoms with E-state index in [2.05, 4.69) is 51.0 Å². The SMILES string of the molecule is Cc1ccccc1N1C[C@@H]2C1CN2c1ncc(C(=O)NO)cn1. The number of hydrogen-bond donors (Lipinski definition) is 2. The molecule has 1 aromatic carbocycles. The number of anilines is 2. The van der Waals surface area contributed by atoms with E-state index in [1.54, 1.807) is 5.48 Å². The molecule has 7 nitrogen and oxygen atoms in total. The molecule has 2 fully saturated rings. The van der Waals surface area contributed by atoms with Crippen molar-refractivity contribution < 1.29 is 10.0 Å². The van der Waals surface area contributed by atoms with Crippen molar-refractivity contribution in [3.63, 3.8) is 0 Å². The van der Waals surface area contributed by atoms with Crippen LogP contribution in [0.2, 0.25) is 0 Å². The Balaban J connectivity index is 1.44. The molecule has 2 atom stereocenters. The van der Waals surface area contributed by atoms with Crippen molar-refractivity contribution in [2.24, 2.45) is 0 Å². The quantitative estimate of drug-likeness (QED) is 0.650. The second kappa shape index (κ2) is 5.20. The highest BCUT2D eigenvalue weighted by atomic mass is 16.5. The summed E-state index contributed by atoms with van der Waals surface area (Å²) in [6, 6.07) is 9.34. The number of aromatic nitrogens is 2. The summed E-state index contributed by atoms with van der Waals surface area (Å²) in [5, 5.41) is 8.60. The predicted molar refractivity (Wildman–Crippen MR) is 84.7 cm³/mol. The summed E-state index contributed by atoms with van der Waals surface area (Å²) >= 11 is 0. The summed E-state index contributed by atoms with van der Waals surface area (Å²) in [7, 11) is 0. The molecule has 118 valence electrons. The third kappa shape index (κ3) is 2.12. The van der Waals surface area contributed by atoms with Gasteiger partial charge in [-0.25, -0.2) is 15.4 Å². The fourth-order valence-electron chi connectivity index (χ4n) is 3.30. The highest BCUT2D eigenvalue weighted by Gasteiger charge is 2.52. The van der Waals surface area contributed by atoms with Crippen molar-refractivity contribution in [1.29, 1.82) is 0 Å². The Labute approximate surface area is 133 Å². The van der Waals surface area contributed by atoms with E-state index in [1.807, 2.05) is 0 Å². The molecule has 0 bridgehead atoms. The number of carbonyl (C=O) groups is 1. The third-order valence-electron chi connectivity index (χ3n) is 4.70. The molecule has 2 aliphatic heterocycles. The lowest BCUT2D eigenvalue weighted by Gasteiger charge is -2.62. The van der Waals surface area contributed by atoms with Gasteiger partial charge in [0.25, 0.3) is 5.91 Å². The molecule has 1 unspecified atom stereocenters. The molecule has 2 N–H and O–H groups in total. The first-order valence-corrected chi connectivity index (χ1v) is 7.54. The van der Waals surface area contributed by atoms with Gasteiger partial charge >= 0.3 is 0 Å². The van der Waals surface area contributed by atoms with Crippen molar-refractivity contribution in [2.75, 3.05) is 22.9 Å². The molecule has 0 saturated carbocycles. The summed E-state index contributed by atoms with van der Waals surface area (Å²) in [6.45, 7) is 3.97. The molecule has 0 radical (unpaired) electrons. The molecule has 0 aliphatic carbocycles. The lowest BCUT2D eigenvalue weighted by atomic mass is 9.84. The van der Waals surface area contributed by atoms with Gasteiger partial charge in [-0.05, 0) is 18.6 Å². The largest absolute Gasteiger partial charge is 0.362 e. The Kier molecular flexibility index (Phi) is 3.16. The van der Waals surface area contributed by atoms with Gasteiger partial charge in [0.1, 0.15) is 0 Å². The van der Waals surface area contributed by atoms with E-state index in [1.165, 1.54) is 23.6 Å². The molecule has 2 saturated heterocycles. The Morgan fingerprint density at radius 3 is 2.43 bits per heavy atom. The zero-order valence-electron chi connectivity index (χ0n) is 12.7. The van der Waals surface area contributed by atoms with E-state index >= 15 is 0 Å². The average Bonchev–Trinajstić information content (AvgIpc) is 2.57. The number of fused-ring (bicyclic) bond motifs is 1. The maximum atomic E-state index is 11.3. The number of hydroxylamine groups is 1. The summed E-state index contributed by atoms with van der Waals surface area (Å²) in [5.74, 6) is 0.0255. The first-order chi connectivity index (χ1) is 11.2. The average molecular weight is 311 g/mol. The van der Waals surface area contributed by atoms with E-state index in [4.69, 9.17) is 5.21 Å². The van der Waals surface area contributed by atoms with Gasteiger partial charge in [0.05, 0.1) is 17.6 Å². The Morgan fingerprint density at radius 1 is 1.17 bits per heavy atom. The maximum absolute atomic E-state index is 11.3. The first kappa shape index (κ1) is 14.0. The number of carbonyl (C=O) groups excluding carboxylic acids is 1.